The van der Waals surface area contributed by atoms with Crippen LogP contribution in [0.4, 0.5) is 5.69 Å². The summed E-state index contributed by atoms with van der Waals surface area (Å²) >= 11 is 0. The number of ether oxygens (including phenoxy) is 1. The first kappa shape index (κ1) is 16.5. The number of hydrogen-bond acceptors (Lipinski definition) is 5. The van der Waals surface area contributed by atoms with E-state index in [1.807, 2.05) is 6.07 Å². The highest BCUT2D eigenvalue weighted by atomic mass is 16.5. The molecule has 1 heterocycles. The second-order valence-electron chi connectivity index (χ2n) is 4.93. The molecule has 0 fully saturated rings. The molecule has 1 aromatic carbocycles. The zero-order chi connectivity index (χ0) is 16.7. The Bertz CT molecular complexity index is 674. The number of rotatable bonds is 6. The Morgan fingerprint density at radius 3 is 2.70 bits per heavy atom. The number of pyridine rings is 1. The maximum absolute atomic E-state index is 12.4. The van der Waals surface area contributed by atoms with Crippen molar-refractivity contribution in [2.75, 3.05) is 12.3 Å². The van der Waals surface area contributed by atoms with Gasteiger partial charge in [0.05, 0.1) is 12.2 Å². The van der Waals surface area contributed by atoms with E-state index >= 15 is 0 Å². The Balaban J connectivity index is 2.15. The van der Waals surface area contributed by atoms with Crippen LogP contribution in [0.25, 0.3) is 0 Å². The van der Waals surface area contributed by atoms with Gasteiger partial charge in [-0.3, -0.25) is 9.78 Å². The normalized spacial score (nSPS) is 11.5. The van der Waals surface area contributed by atoms with E-state index in [0.717, 1.165) is 5.56 Å². The smallest absolute Gasteiger partial charge is 0.328 e. The number of benzene rings is 1. The van der Waals surface area contributed by atoms with E-state index in [0.29, 0.717) is 17.7 Å². The number of amides is 1. The van der Waals surface area contributed by atoms with Crippen LogP contribution < -0.4 is 11.1 Å². The van der Waals surface area contributed by atoms with Gasteiger partial charge < -0.3 is 15.8 Å². The zero-order valence-electron chi connectivity index (χ0n) is 12.9. The average molecular weight is 313 g/mol. The van der Waals surface area contributed by atoms with Crippen molar-refractivity contribution >= 4 is 17.6 Å². The van der Waals surface area contributed by atoms with Crippen molar-refractivity contribution in [3.8, 4) is 0 Å². The first-order valence-electron chi connectivity index (χ1n) is 7.32. The summed E-state index contributed by atoms with van der Waals surface area (Å²) < 4.78 is 5.04. The number of nitrogens with one attached hydrogen (secondary N) is 1. The summed E-state index contributed by atoms with van der Waals surface area (Å²) in [5.74, 6) is -0.899. The quantitative estimate of drug-likeness (QED) is 0.623. The molecule has 2 aromatic rings. The molecule has 0 aliphatic heterocycles. The zero-order valence-corrected chi connectivity index (χ0v) is 12.9. The van der Waals surface area contributed by atoms with E-state index < -0.39 is 17.9 Å². The van der Waals surface area contributed by atoms with Crippen LogP contribution in [0.5, 0.6) is 0 Å². The fourth-order valence-corrected chi connectivity index (χ4v) is 2.13. The van der Waals surface area contributed by atoms with Crippen molar-refractivity contribution in [3.05, 3.63) is 59.9 Å². The van der Waals surface area contributed by atoms with Gasteiger partial charge in [-0.2, -0.15) is 0 Å². The van der Waals surface area contributed by atoms with Gasteiger partial charge in [-0.25, -0.2) is 4.79 Å². The lowest BCUT2D eigenvalue weighted by atomic mass is 10.1. The molecule has 0 bridgehead atoms. The lowest BCUT2D eigenvalue weighted by Gasteiger charge is -2.18. The van der Waals surface area contributed by atoms with Crippen LogP contribution in [0, 0.1) is 0 Å². The van der Waals surface area contributed by atoms with Crippen LogP contribution in [0.15, 0.2) is 48.8 Å². The lowest BCUT2D eigenvalue weighted by Crippen LogP contribution is -2.43. The minimum Gasteiger partial charge on any atom is -0.464 e. The fraction of sp³-hybridized carbons (Fsp3) is 0.235. The Labute approximate surface area is 134 Å². The van der Waals surface area contributed by atoms with Crippen LogP contribution in [0.3, 0.4) is 0 Å². The summed E-state index contributed by atoms with van der Waals surface area (Å²) in [6.45, 7) is 1.96. The number of aromatic nitrogens is 1. The van der Waals surface area contributed by atoms with Crippen LogP contribution in [0.1, 0.15) is 22.8 Å². The highest BCUT2D eigenvalue weighted by Crippen LogP contribution is 2.11. The topological polar surface area (TPSA) is 94.3 Å². The Morgan fingerprint density at radius 2 is 2.04 bits per heavy atom. The third kappa shape index (κ3) is 4.54. The highest BCUT2D eigenvalue weighted by molar-refractivity contribution is 6.00. The molecule has 0 spiro atoms. The molecule has 3 N–H and O–H groups in total. The van der Waals surface area contributed by atoms with Gasteiger partial charge in [0.15, 0.2) is 0 Å². The van der Waals surface area contributed by atoms with Crippen molar-refractivity contribution in [2.45, 2.75) is 19.4 Å². The number of nitrogens with zero attached hydrogens (tertiary/aromatic N) is 1. The molecule has 1 amide bonds. The van der Waals surface area contributed by atoms with Gasteiger partial charge in [0.2, 0.25) is 0 Å². The van der Waals surface area contributed by atoms with Crippen molar-refractivity contribution in [1.82, 2.24) is 10.3 Å². The van der Waals surface area contributed by atoms with Crippen molar-refractivity contribution < 1.29 is 14.3 Å². The summed E-state index contributed by atoms with van der Waals surface area (Å²) in [5.41, 5.74) is 7.31. The molecule has 1 atom stereocenters. The van der Waals surface area contributed by atoms with Gasteiger partial charge in [-0.05, 0) is 30.7 Å². The van der Waals surface area contributed by atoms with Crippen LogP contribution in [0.2, 0.25) is 0 Å². The minimum atomic E-state index is -0.800. The standard InChI is InChI=1S/C17H19N3O3/c1-2-23-17(22)15(10-12-6-5-9-19-11-12)20-16(21)13-7-3-4-8-14(13)18/h3-9,11,15H,2,10,18H2,1H3,(H,20,21). The summed E-state index contributed by atoms with van der Waals surface area (Å²) in [5, 5.41) is 2.69. The van der Waals surface area contributed by atoms with Gasteiger partial charge in [0, 0.05) is 24.5 Å². The second kappa shape index (κ2) is 7.93. The summed E-state index contributed by atoms with van der Waals surface area (Å²) in [6, 6.07) is 9.51. The molecule has 0 radical (unpaired) electrons. The predicted octanol–water partition coefficient (Wildman–Crippen LogP) is 1.57. The van der Waals surface area contributed by atoms with Crippen molar-refractivity contribution in [3.63, 3.8) is 0 Å². The number of esters is 1. The third-order valence-electron chi connectivity index (χ3n) is 3.24. The maximum Gasteiger partial charge on any atom is 0.328 e. The predicted molar refractivity (Wildman–Crippen MR) is 86.7 cm³/mol. The molecule has 6 nitrogen and oxygen atoms in total. The first-order chi connectivity index (χ1) is 11.1. The van der Waals surface area contributed by atoms with Gasteiger partial charge in [-0.1, -0.05) is 18.2 Å². The Morgan fingerprint density at radius 1 is 1.26 bits per heavy atom. The summed E-state index contributed by atoms with van der Waals surface area (Å²) in [6.07, 6.45) is 3.59. The Kier molecular flexibility index (Phi) is 5.68. The number of carbonyl (C=O) groups excluding carboxylic acids is 2. The van der Waals surface area contributed by atoms with E-state index in [2.05, 4.69) is 10.3 Å². The molecule has 23 heavy (non-hydrogen) atoms. The average Bonchev–Trinajstić information content (AvgIpc) is 2.55. The number of nitrogens with two attached hydrogens (primary N) is 1. The molecule has 0 aliphatic rings. The lowest BCUT2D eigenvalue weighted by molar-refractivity contribution is -0.145. The van der Waals surface area contributed by atoms with Crippen LogP contribution in [-0.2, 0) is 16.0 Å². The van der Waals surface area contributed by atoms with E-state index in [1.165, 1.54) is 0 Å². The molecule has 120 valence electrons. The monoisotopic (exact) mass is 313 g/mol. The third-order valence-corrected chi connectivity index (χ3v) is 3.24. The Hall–Kier alpha value is -2.89. The van der Waals surface area contributed by atoms with Gasteiger partial charge in [0.25, 0.3) is 5.91 Å². The van der Waals surface area contributed by atoms with E-state index in [4.69, 9.17) is 10.5 Å². The highest BCUT2D eigenvalue weighted by Gasteiger charge is 2.23. The molecule has 0 saturated carbocycles. The maximum atomic E-state index is 12.4. The molecule has 2 rings (SSSR count). The van der Waals surface area contributed by atoms with Crippen molar-refractivity contribution in [1.29, 1.82) is 0 Å². The molecule has 6 heteroatoms. The molecule has 0 aliphatic carbocycles. The molecule has 1 aromatic heterocycles. The van der Waals surface area contributed by atoms with E-state index in [1.54, 1.807) is 49.6 Å². The molecule has 0 saturated heterocycles. The number of anilines is 1. The largest absolute Gasteiger partial charge is 0.464 e. The van der Waals surface area contributed by atoms with Crippen LogP contribution >= 0.6 is 0 Å². The fourth-order valence-electron chi connectivity index (χ4n) is 2.13. The molecule has 1 unspecified atom stereocenters. The number of carbonyl (C=O) groups is 2. The van der Waals surface area contributed by atoms with Gasteiger partial charge in [0.1, 0.15) is 6.04 Å². The first-order valence-corrected chi connectivity index (χ1v) is 7.32. The van der Waals surface area contributed by atoms with E-state index in [-0.39, 0.29) is 6.61 Å². The number of hydrogen-bond donors (Lipinski definition) is 2. The molecular formula is C17H19N3O3. The summed E-state index contributed by atoms with van der Waals surface area (Å²) in [7, 11) is 0. The van der Waals surface area contributed by atoms with Gasteiger partial charge >= 0.3 is 5.97 Å². The minimum absolute atomic E-state index is 0.242. The molecular weight excluding hydrogens is 294 g/mol. The summed E-state index contributed by atoms with van der Waals surface area (Å²) in [4.78, 5) is 28.5. The number of nitrogen functional groups attached to an aromatic ring is 1. The second-order valence-corrected chi connectivity index (χ2v) is 4.93. The SMILES string of the molecule is CCOC(=O)C(Cc1cccnc1)NC(=O)c1ccccc1N. The van der Waals surface area contributed by atoms with Crippen LogP contribution in [-0.4, -0.2) is 29.5 Å². The van der Waals surface area contributed by atoms with E-state index in [9.17, 15) is 9.59 Å². The van der Waals surface area contributed by atoms with Crippen molar-refractivity contribution in [2.24, 2.45) is 0 Å². The number of para-hydroxylation sites is 1. The van der Waals surface area contributed by atoms with Gasteiger partial charge in [-0.15, -0.1) is 0 Å².